The molecular formula is C16H13F2N3O3S. The first kappa shape index (κ1) is 17.1. The summed E-state index contributed by atoms with van der Waals surface area (Å²) in [5.74, 6) is -2.14. The average molecular weight is 365 g/mol. The third-order valence-corrected chi connectivity index (χ3v) is 4.54. The summed E-state index contributed by atoms with van der Waals surface area (Å²) >= 11 is 0. The van der Waals surface area contributed by atoms with Crippen molar-refractivity contribution in [1.82, 2.24) is 10.2 Å². The van der Waals surface area contributed by atoms with Gasteiger partial charge in [-0.25, -0.2) is 22.3 Å². The normalized spacial score (nSPS) is 11.5. The number of rotatable bonds is 4. The van der Waals surface area contributed by atoms with Crippen LogP contribution >= 0.6 is 0 Å². The summed E-state index contributed by atoms with van der Waals surface area (Å²) in [6.07, 6.45) is 1.49. The van der Waals surface area contributed by atoms with Crippen LogP contribution in [0.15, 0.2) is 47.5 Å². The lowest BCUT2D eigenvalue weighted by Gasteiger charge is -2.08. The number of benzene rings is 2. The van der Waals surface area contributed by atoms with Gasteiger partial charge >= 0.3 is 0 Å². The minimum absolute atomic E-state index is 0.0464. The number of aromatic amines is 1. The van der Waals surface area contributed by atoms with E-state index in [1.165, 1.54) is 37.6 Å². The number of hydrogen-bond donors (Lipinski definition) is 2. The van der Waals surface area contributed by atoms with Crippen LogP contribution in [-0.4, -0.2) is 25.7 Å². The Kier molecular flexibility index (Phi) is 4.27. The Morgan fingerprint density at radius 2 is 1.68 bits per heavy atom. The van der Waals surface area contributed by atoms with Crippen molar-refractivity contribution in [3.8, 4) is 28.1 Å². The topological polar surface area (TPSA) is 98.1 Å². The molecule has 0 atom stereocenters. The average Bonchev–Trinajstić information content (AvgIpc) is 3.03. The third kappa shape index (κ3) is 3.24. The van der Waals surface area contributed by atoms with E-state index >= 15 is 0 Å². The van der Waals surface area contributed by atoms with Gasteiger partial charge in [0.15, 0.2) is 17.4 Å². The van der Waals surface area contributed by atoms with Crippen LogP contribution in [-0.2, 0) is 10.0 Å². The van der Waals surface area contributed by atoms with Crippen LogP contribution in [0.2, 0.25) is 0 Å². The van der Waals surface area contributed by atoms with Crippen molar-refractivity contribution >= 4 is 10.0 Å². The van der Waals surface area contributed by atoms with Crippen LogP contribution in [0.4, 0.5) is 8.78 Å². The van der Waals surface area contributed by atoms with E-state index in [0.717, 1.165) is 12.1 Å². The molecule has 2 aromatic carbocycles. The number of nitrogens with two attached hydrogens (primary N) is 1. The molecule has 0 radical (unpaired) electrons. The summed E-state index contributed by atoms with van der Waals surface area (Å²) in [7, 11) is -2.63. The van der Waals surface area contributed by atoms with Crippen molar-refractivity contribution in [2.45, 2.75) is 4.90 Å². The van der Waals surface area contributed by atoms with Gasteiger partial charge in [0.25, 0.3) is 0 Å². The van der Waals surface area contributed by atoms with Crippen LogP contribution in [0.1, 0.15) is 0 Å². The number of ether oxygens (including phenoxy) is 1. The predicted octanol–water partition coefficient (Wildman–Crippen LogP) is 2.68. The monoisotopic (exact) mass is 365 g/mol. The fourth-order valence-corrected chi connectivity index (χ4v) is 2.96. The fraction of sp³-hybridized carbons (Fsp3) is 0.0625. The van der Waals surface area contributed by atoms with E-state index in [4.69, 9.17) is 5.14 Å². The van der Waals surface area contributed by atoms with Crippen LogP contribution in [0.25, 0.3) is 22.4 Å². The summed E-state index contributed by atoms with van der Waals surface area (Å²) in [6.45, 7) is 0. The standard InChI is InChI=1S/C16H13F2N3O3S/c1-24-16-13(17)6-10(7-14(16)18)12-8-20-21-15(12)9-2-4-11(5-3-9)25(19,22)23/h2-8H,1H3,(H,20,21)(H2,19,22,23). The second-order valence-corrected chi connectivity index (χ2v) is 6.75. The SMILES string of the molecule is COc1c(F)cc(-c2c[nH]nc2-c2ccc(S(N)(=O)=O)cc2)cc1F. The number of halogens is 2. The van der Waals surface area contributed by atoms with Gasteiger partial charge in [-0.1, -0.05) is 12.1 Å². The first-order chi connectivity index (χ1) is 11.8. The number of aromatic nitrogens is 2. The van der Waals surface area contributed by atoms with Gasteiger partial charge in [0.05, 0.1) is 17.7 Å². The molecule has 0 bridgehead atoms. The molecule has 0 aliphatic rings. The van der Waals surface area contributed by atoms with Gasteiger partial charge in [0.1, 0.15) is 0 Å². The van der Waals surface area contributed by atoms with Gasteiger partial charge < -0.3 is 4.74 Å². The Bertz CT molecular complexity index is 1010. The van der Waals surface area contributed by atoms with Gasteiger partial charge in [-0.3, -0.25) is 5.10 Å². The summed E-state index contributed by atoms with van der Waals surface area (Å²) in [4.78, 5) is -0.0464. The minimum Gasteiger partial charge on any atom is -0.491 e. The van der Waals surface area contributed by atoms with Crippen molar-refractivity contribution in [2.75, 3.05) is 7.11 Å². The highest BCUT2D eigenvalue weighted by Crippen LogP contribution is 2.34. The highest BCUT2D eigenvalue weighted by Gasteiger charge is 2.17. The molecule has 3 N–H and O–H groups in total. The number of nitrogens with zero attached hydrogens (tertiary/aromatic N) is 1. The molecule has 9 heteroatoms. The smallest absolute Gasteiger partial charge is 0.238 e. The number of sulfonamides is 1. The van der Waals surface area contributed by atoms with Crippen molar-refractivity contribution in [1.29, 1.82) is 0 Å². The second-order valence-electron chi connectivity index (χ2n) is 5.19. The molecule has 0 spiro atoms. The lowest BCUT2D eigenvalue weighted by Crippen LogP contribution is -2.11. The Morgan fingerprint density at radius 1 is 1.08 bits per heavy atom. The van der Waals surface area contributed by atoms with Gasteiger partial charge in [-0.2, -0.15) is 5.10 Å². The molecule has 0 aliphatic carbocycles. The van der Waals surface area contributed by atoms with Crippen LogP contribution in [0, 0.1) is 11.6 Å². The van der Waals surface area contributed by atoms with Crippen LogP contribution in [0.5, 0.6) is 5.75 Å². The van der Waals surface area contributed by atoms with Crippen molar-refractivity contribution in [3.05, 3.63) is 54.2 Å². The predicted molar refractivity (Wildman–Crippen MR) is 87.3 cm³/mol. The van der Waals surface area contributed by atoms with Gasteiger partial charge in [0.2, 0.25) is 10.0 Å². The molecule has 3 rings (SSSR count). The first-order valence-corrected chi connectivity index (χ1v) is 8.56. The van der Waals surface area contributed by atoms with E-state index in [9.17, 15) is 17.2 Å². The molecule has 6 nitrogen and oxygen atoms in total. The quantitative estimate of drug-likeness (QED) is 0.743. The number of hydrogen-bond acceptors (Lipinski definition) is 4. The molecule has 0 aliphatic heterocycles. The van der Waals surface area contributed by atoms with E-state index < -0.39 is 27.4 Å². The summed E-state index contributed by atoms with van der Waals surface area (Å²) in [5.41, 5.74) is 1.67. The van der Waals surface area contributed by atoms with Crippen molar-refractivity contribution in [3.63, 3.8) is 0 Å². The van der Waals surface area contributed by atoms with Crippen LogP contribution < -0.4 is 9.88 Å². The molecule has 0 saturated carbocycles. The third-order valence-electron chi connectivity index (χ3n) is 3.61. The molecule has 0 amide bonds. The molecule has 0 saturated heterocycles. The summed E-state index contributed by atoms with van der Waals surface area (Å²) < 4.78 is 55.2. The van der Waals surface area contributed by atoms with Crippen LogP contribution in [0.3, 0.4) is 0 Å². The summed E-state index contributed by atoms with van der Waals surface area (Å²) in [5, 5.41) is 11.8. The van der Waals surface area contributed by atoms with Gasteiger partial charge in [-0.15, -0.1) is 0 Å². The maximum absolute atomic E-state index is 13.9. The zero-order chi connectivity index (χ0) is 18.2. The van der Waals surface area contributed by atoms with Gasteiger partial charge in [-0.05, 0) is 29.8 Å². The highest BCUT2D eigenvalue weighted by atomic mass is 32.2. The lowest BCUT2D eigenvalue weighted by atomic mass is 10.0. The number of H-pyrrole nitrogens is 1. The van der Waals surface area contributed by atoms with E-state index in [2.05, 4.69) is 14.9 Å². The largest absolute Gasteiger partial charge is 0.491 e. The molecule has 3 aromatic rings. The fourth-order valence-electron chi connectivity index (χ4n) is 2.44. The molecule has 130 valence electrons. The van der Waals surface area contributed by atoms with Crippen molar-refractivity contribution in [2.24, 2.45) is 5.14 Å². The Hall–Kier alpha value is -2.78. The molecule has 0 unspecified atom stereocenters. The van der Waals surface area contributed by atoms with Crippen molar-refractivity contribution < 1.29 is 21.9 Å². The number of primary sulfonamides is 1. The van der Waals surface area contributed by atoms with Gasteiger partial charge in [0, 0.05) is 17.3 Å². The molecule has 25 heavy (non-hydrogen) atoms. The number of methoxy groups -OCH3 is 1. The Balaban J connectivity index is 2.07. The zero-order valence-electron chi connectivity index (χ0n) is 13.0. The Morgan fingerprint density at radius 3 is 2.20 bits per heavy atom. The van der Waals surface area contributed by atoms with E-state index in [1.54, 1.807) is 0 Å². The molecule has 1 heterocycles. The highest BCUT2D eigenvalue weighted by molar-refractivity contribution is 7.89. The van der Waals surface area contributed by atoms with E-state index in [1.807, 2.05) is 0 Å². The zero-order valence-corrected chi connectivity index (χ0v) is 13.8. The lowest BCUT2D eigenvalue weighted by molar-refractivity contribution is 0.360. The molecule has 1 aromatic heterocycles. The molecule has 0 fully saturated rings. The minimum atomic E-state index is -3.81. The number of nitrogens with one attached hydrogen (secondary N) is 1. The summed E-state index contributed by atoms with van der Waals surface area (Å²) in [6, 6.07) is 7.95. The maximum atomic E-state index is 13.9. The maximum Gasteiger partial charge on any atom is 0.238 e. The van der Waals surface area contributed by atoms with E-state index in [0.29, 0.717) is 16.8 Å². The Labute approximate surface area is 142 Å². The molecular weight excluding hydrogens is 352 g/mol. The van der Waals surface area contributed by atoms with E-state index in [-0.39, 0.29) is 10.5 Å². The second kappa shape index (κ2) is 6.26. The first-order valence-electron chi connectivity index (χ1n) is 7.01.